The summed E-state index contributed by atoms with van der Waals surface area (Å²) in [7, 11) is 0. The van der Waals surface area contributed by atoms with Crippen molar-refractivity contribution in [2.45, 2.75) is 64.1 Å². The summed E-state index contributed by atoms with van der Waals surface area (Å²) in [4.78, 5) is 1.73. The van der Waals surface area contributed by atoms with E-state index in [9.17, 15) is 0 Å². The quantitative estimate of drug-likeness (QED) is 0.247. The van der Waals surface area contributed by atoms with Gasteiger partial charge in [0.2, 0.25) is 0 Å². The molecule has 1 saturated heterocycles. The third-order valence-electron chi connectivity index (χ3n) is 6.98. The third-order valence-corrected chi connectivity index (χ3v) is 8.33. The van der Waals surface area contributed by atoms with Crippen molar-refractivity contribution in [3.8, 4) is 11.3 Å². The Morgan fingerprint density at radius 3 is 2.30 bits per heavy atom. The topological polar surface area (TPSA) is 38.5 Å². The molecule has 37 heavy (non-hydrogen) atoms. The normalized spacial score (nSPS) is 20.8. The molecule has 2 fully saturated rings. The first-order valence-electron chi connectivity index (χ1n) is 12.4. The number of anilines is 1. The summed E-state index contributed by atoms with van der Waals surface area (Å²) >= 11 is 15.3. The van der Waals surface area contributed by atoms with Gasteiger partial charge in [-0.2, -0.15) is 0 Å². The van der Waals surface area contributed by atoms with Gasteiger partial charge in [-0.3, -0.25) is 0 Å². The lowest BCUT2D eigenvalue weighted by atomic mass is 9.81. The Labute approximate surface area is 239 Å². The van der Waals surface area contributed by atoms with E-state index in [1.807, 2.05) is 45.0 Å². The fourth-order valence-corrected chi connectivity index (χ4v) is 5.87. The molecule has 1 aromatic heterocycles. The minimum Gasteiger partial charge on any atom is -0.365 e. The lowest BCUT2D eigenvalue weighted by Gasteiger charge is -2.42. The number of ether oxygens (including phenoxy) is 1. The van der Waals surface area contributed by atoms with Crippen molar-refractivity contribution < 1.29 is 18.0 Å². The summed E-state index contributed by atoms with van der Waals surface area (Å²) in [5.41, 5.74) is 1.95. The Morgan fingerprint density at radius 1 is 1.08 bits per heavy atom. The van der Waals surface area contributed by atoms with E-state index in [2.05, 4.69) is 27.7 Å². The van der Waals surface area contributed by atoms with Crippen LogP contribution in [-0.4, -0.2) is 30.3 Å². The van der Waals surface area contributed by atoms with Crippen LogP contribution in [0.4, 0.5) is 14.5 Å². The molecule has 0 spiro atoms. The van der Waals surface area contributed by atoms with Crippen molar-refractivity contribution in [2.75, 3.05) is 18.0 Å². The Kier molecular flexibility index (Phi) is 7.55. The smallest absolute Gasteiger partial charge is 0.290 e. The molecule has 2 aliphatic rings. The molecule has 1 saturated carbocycles. The average molecular weight is 661 g/mol. The Balaban J connectivity index is 1.50. The molecule has 0 N–H and O–H groups in total. The van der Waals surface area contributed by atoms with Crippen LogP contribution >= 0.6 is 45.8 Å². The molecule has 9 heteroatoms. The van der Waals surface area contributed by atoms with Crippen LogP contribution in [0.2, 0.25) is 10.0 Å². The molecule has 2 heterocycles. The molecule has 0 amide bonds. The zero-order valence-electron chi connectivity index (χ0n) is 20.9. The summed E-state index contributed by atoms with van der Waals surface area (Å²) in [6, 6.07) is 12.9. The molecule has 1 aliphatic heterocycles. The highest BCUT2D eigenvalue weighted by molar-refractivity contribution is 14.1. The largest absolute Gasteiger partial charge is 0.365 e. The predicted molar refractivity (Wildman–Crippen MR) is 152 cm³/mol. The van der Waals surface area contributed by atoms with E-state index in [1.54, 1.807) is 23.1 Å². The Bertz CT molecular complexity index is 1250. The molecule has 2 unspecified atom stereocenters. The monoisotopic (exact) mass is 660 g/mol. The first-order valence-corrected chi connectivity index (χ1v) is 14.3. The standard InChI is InChI=1S/C28H29Cl2F2IN2O2/c1-27(2,3)26(36-21-13-14-35(15-28(21,31)32)18-11-9-17(33)10-12-18)23-24(34-37-25(23)16-7-8-16)22-19(29)5-4-6-20(22)30/h4-6,9-12,16,21,26H,7-8,13-15H2,1-3H3. The number of nitrogens with zero attached hydrogens (tertiary/aromatic N) is 2. The van der Waals surface area contributed by atoms with Crippen molar-refractivity contribution in [2.24, 2.45) is 5.41 Å². The molecule has 5 rings (SSSR count). The summed E-state index contributed by atoms with van der Waals surface area (Å²) in [6.45, 7) is 6.02. The SMILES string of the molecule is CC(C)(C)C(OC1CCN(c2ccc(I)cc2)CC1(F)F)c1c(-c2c(Cl)cccc2Cl)noc1C1CC1. The molecule has 2 aromatic carbocycles. The number of halogens is 5. The van der Waals surface area contributed by atoms with Gasteiger partial charge >= 0.3 is 0 Å². The van der Waals surface area contributed by atoms with Crippen LogP contribution in [0.1, 0.15) is 63.4 Å². The fraction of sp³-hybridized carbons (Fsp3) is 0.464. The van der Waals surface area contributed by atoms with E-state index < -0.39 is 30.1 Å². The number of hydrogen-bond acceptors (Lipinski definition) is 4. The van der Waals surface area contributed by atoms with Crippen molar-refractivity contribution in [3.05, 3.63) is 67.4 Å². The number of rotatable bonds is 6. The lowest BCUT2D eigenvalue weighted by Crippen LogP contribution is -2.53. The second-order valence-corrected chi connectivity index (χ2v) is 13.1. The number of hydrogen-bond donors (Lipinski definition) is 0. The number of piperidine rings is 1. The van der Waals surface area contributed by atoms with Crippen LogP contribution in [0.15, 0.2) is 47.0 Å². The van der Waals surface area contributed by atoms with E-state index in [0.717, 1.165) is 22.1 Å². The second-order valence-electron chi connectivity index (χ2n) is 11.0. The third kappa shape index (κ3) is 5.65. The van der Waals surface area contributed by atoms with E-state index in [1.165, 1.54) is 0 Å². The van der Waals surface area contributed by atoms with Gasteiger partial charge in [0.25, 0.3) is 5.92 Å². The average Bonchev–Trinajstić information content (AvgIpc) is 3.57. The molecule has 2 atom stereocenters. The maximum absolute atomic E-state index is 15.6. The van der Waals surface area contributed by atoms with Crippen molar-refractivity contribution in [1.82, 2.24) is 5.16 Å². The van der Waals surface area contributed by atoms with Gasteiger partial charge in [-0.15, -0.1) is 0 Å². The maximum atomic E-state index is 15.6. The summed E-state index contributed by atoms with van der Waals surface area (Å²) in [5, 5.41) is 5.22. The van der Waals surface area contributed by atoms with E-state index >= 15 is 8.78 Å². The van der Waals surface area contributed by atoms with Crippen molar-refractivity contribution in [1.29, 1.82) is 0 Å². The maximum Gasteiger partial charge on any atom is 0.290 e. The minimum absolute atomic E-state index is 0.189. The summed E-state index contributed by atoms with van der Waals surface area (Å²) in [5.74, 6) is -2.18. The first-order chi connectivity index (χ1) is 17.5. The molecule has 0 radical (unpaired) electrons. The molecular formula is C28H29Cl2F2IN2O2. The molecular weight excluding hydrogens is 632 g/mol. The highest BCUT2D eigenvalue weighted by atomic mass is 127. The number of benzene rings is 2. The van der Waals surface area contributed by atoms with Crippen LogP contribution in [0.5, 0.6) is 0 Å². The van der Waals surface area contributed by atoms with Gasteiger partial charge in [-0.25, -0.2) is 8.78 Å². The minimum atomic E-state index is -3.05. The van der Waals surface area contributed by atoms with Gasteiger partial charge in [0.15, 0.2) is 0 Å². The summed E-state index contributed by atoms with van der Waals surface area (Å²) in [6.07, 6.45) is 0.155. The van der Waals surface area contributed by atoms with Crippen LogP contribution in [0, 0.1) is 8.99 Å². The molecule has 1 aliphatic carbocycles. The predicted octanol–water partition coefficient (Wildman–Crippen LogP) is 9.15. The fourth-order valence-electron chi connectivity index (χ4n) is 4.94. The van der Waals surface area contributed by atoms with Gasteiger partial charge in [-0.05, 0) is 83.7 Å². The molecule has 4 nitrogen and oxygen atoms in total. The highest BCUT2D eigenvalue weighted by Gasteiger charge is 2.49. The van der Waals surface area contributed by atoms with E-state index in [4.69, 9.17) is 32.5 Å². The zero-order chi connectivity index (χ0) is 26.5. The van der Waals surface area contributed by atoms with Crippen molar-refractivity contribution >= 4 is 51.5 Å². The Hall–Kier alpha value is -1.42. The zero-order valence-corrected chi connectivity index (χ0v) is 24.6. The molecule has 3 aromatic rings. The lowest BCUT2D eigenvalue weighted by molar-refractivity contribution is -0.184. The van der Waals surface area contributed by atoms with Crippen molar-refractivity contribution in [3.63, 3.8) is 0 Å². The van der Waals surface area contributed by atoms with E-state index in [-0.39, 0.29) is 12.3 Å². The molecule has 198 valence electrons. The van der Waals surface area contributed by atoms with Gasteiger partial charge in [-0.1, -0.05) is 55.2 Å². The highest BCUT2D eigenvalue weighted by Crippen LogP contribution is 2.52. The van der Waals surface area contributed by atoms with Crippen LogP contribution in [0.3, 0.4) is 0 Å². The van der Waals surface area contributed by atoms with Gasteiger partial charge in [0, 0.05) is 27.3 Å². The summed E-state index contributed by atoms with van der Waals surface area (Å²) < 4.78 is 44.6. The second kappa shape index (κ2) is 10.3. The van der Waals surface area contributed by atoms with Gasteiger partial charge < -0.3 is 14.2 Å². The van der Waals surface area contributed by atoms with Crippen LogP contribution < -0.4 is 4.90 Å². The van der Waals surface area contributed by atoms with Crippen LogP contribution in [-0.2, 0) is 4.74 Å². The van der Waals surface area contributed by atoms with Gasteiger partial charge in [0.1, 0.15) is 17.6 Å². The first kappa shape index (κ1) is 27.2. The number of aromatic nitrogens is 1. The number of alkyl halides is 2. The molecule has 0 bridgehead atoms. The van der Waals surface area contributed by atoms with Crippen LogP contribution in [0.25, 0.3) is 11.3 Å². The Morgan fingerprint density at radius 2 is 1.73 bits per heavy atom. The van der Waals surface area contributed by atoms with E-state index in [0.29, 0.717) is 39.2 Å². The van der Waals surface area contributed by atoms with Gasteiger partial charge in [0.05, 0.1) is 28.3 Å².